The fraction of sp³-hybridized carbons (Fsp3) is 0.412. The van der Waals surface area contributed by atoms with E-state index in [9.17, 15) is 9.59 Å². The third-order valence-electron chi connectivity index (χ3n) is 5.04. The van der Waals surface area contributed by atoms with Crippen molar-refractivity contribution < 1.29 is 14.3 Å². The van der Waals surface area contributed by atoms with Crippen LogP contribution in [0.1, 0.15) is 34.6 Å². The van der Waals surface area contributed by atoms with Crippen LogP contribution in [0, 0.1) is 10.8 Å². The Morgan fingerprint density at radius 3 is 2.30 bits per heavy atom. The summed E-state index contributed by atoms with van der Waals surface area (Å²) in [6.07, 6.45) is 6.13. The van der Waals surface area contributed by atoms with Gasteiger partial charge in [0.15, 0.2) is 0 Å². The third kappa shape index (κ3) is 1.35. The van der Waals surface area contributed by atoms with Crippen LogP contribution < -0.4 is 0 Å². The van der Waals surface area contributed by atoms with Crippen LogP contribution in [0.4, 0.5) is 0 Å². The van der Waals surface area contributed by atoms with Gasteiger partial charge in [0.2, 0.25) is 0 Å². The first-order valence-corrected chi connectivity index (χ1v) is 6.80. The summed E-state index contributed by atoms with van der Waals surface area (Å²) in [5.74, 6) is -1.02. The minimum Gasteiger partial charge on any atom is -0.386 e. The molecule has 104 valence electrons. The fourth-order valence-corrected chi connectivity index (χ4v) is 3.71. The van der Waals surface area contributed by atoms with Crippen molar-refractivity contribution in [2.75, 3.05) is 0 Å². The molecular formula is C17H18O3. The summed E-state index contributed by atoms with van der Waals surface area (Å²) in [7, 11) is 0. The van der Waals surface area contributed by atoms with Crippen molar-refractivity contribution in [1.82, 2.24) is 0 Å². The molecule has 0 aromatic heterocycles. The summed E-state index contributed by atoms with van der Waals surface area (Å²) in [5, 5.41) is 0. The highest BCUT2D eigenvalue weighted by Crippen LogP contribution is 2.59. The van der Waals surface area contributed by atoms with Crippen LogP contribution in [0.25, 0.3) is 0 Å². The van der Waals surface area contributed by atoms with E-state index < -0.39 is 17.4 Å². The summed E-state index contributed by atoms with van der Waals surface area (Å²) in [4.78, 5) is 23.9. The molecule has 0 saturated heterocycles. The van der Waals surface area contributed by atoms with Crippen molar-refractivity contribution in [3.63, 3.8) is 0 Å². The molecule has 1 heterocycles. The van der Waals surface area contributed by atoms with E-state index in [0.29, 0.717) is 11.1 Å². The minimum absolute atomic E-state index is 0.307. The Morgan fingerprint density at radius 1 is 1.00 bits per heavy atom. The molecule has 3 nitrogen and oxygen atoms in total. The summed E-state index contributed by atoms with van der Waals surface area (Å²) in [5.41, 5.74) is 3.56. The lowest BCUT2D eigenvalue weighted by Crippen LogP contribution is -2.42. The largest absolute Gasteiger partial charge is 0.386 e. The van der Waals surface area contributed by atoms with Crippen molar-refractivity contribution in [2.24, 2.45) is 10.8 Å². The number of hydrogen-bond acceptors (Lipinski definition) is 3. The summed E-state index contributed by atoms with van der Waals surface area (Å²) < 4.78 is 4.82. The van der Waals surface area contributed by atoms with Gasteiger partial charge < -0.3 is 4.74 Å². The zero-order valence-corrected chi connectivity index (χ0v) is 12.5. The highest BCUT2D eigenvalue weighted by molar-refractivity contribution is 6.15. The number of carbonyl (C=O) groups is 2. The SMILES string of the molecule is CC1=CC2(C)C(=CC3=C(C(=O)OC3=O)C2(C)C)C(C)=C1. The Kier molecular flexibility index (Phi) is 2.36. The van der Waals surface area contributed by atoms with Gasteiger partial charge >= 0.3 is 11.9 Å². The second-order valence-electron chi connectivity index (χ2n) is 6.57. The van der Waals surface area contributed by atoms with Gasteiger partial charge in [-0.05, 0) is 31.1 Å². The van der Waals surface area contributed by atoms with Crippen molar-refractivity contribution in [3.8, 4) is 0 Å². The first kappa shape index (κ1) is 13.1. The lowest BCUT2D eigenvalue weighted by atomic mass is 9.53. The van der Waals surface area contributed by atoms with Gasteiger partial charge in [-0.1, -0.05) is 38.5 Å². The van der Waals surface area contributed by atoms with E-state index >= 15 is 0 Å². The normalized spacial score (nSPS) is 31.1. The third-order valence-corrected chi connectivity index (χ3v) is 5.04. The molecule has 2 aliphatic carbocycles. The van der Waals surface area contributed by atoms with E-state index in [4.69, 9.17) is 4.74 Å². The number of hydrogen-bond donors (Lipinski definition) is 0. The van der Waals surface area contributed by atoms with E-state index in [0.717, 1.165) is 11.1 Å². The summed E-state index contributed by atoms with van der Waals surface area (Å²) in [6, 6.07) is 0. The van der Waals surface area contributed by atoms with E-state index in [1.165, 1.54) is 5.57 Å². The highest BCUT2D eigenvalue weighted by atomic mass is 16.6. The van der Waals surface area contributed by atoms with Crippen molar-refractivity contribution >= 4 is 11.9 Å². The first-order valence-electron chi connectivity index (χ1n) is 6.80. The molecule has 3 heteroatoms. The summed E-state index contributed by atoms with van der Waals surface area (Å²) >= 11 is 0. The zero-order chi connectivity index (χ0) is 14.9. The Morgan fingerprint density at radius 2 is 1.65 bits per heavy atom. The van der Waals surface area contributed by atoms with Gasteiger partial charge in [-0.3, -0.25) is 0 Å². The maximum Gasteiger partial charge on any atom is 0.346 e. The average molecular weight is 270 g/mol. The molecule has 0 aromatic carbocycles. The quantitative estimate of drug-likeness (QED) is 0.501. The minimum atomic E-state index is -0.522. The molecule has 0 N–H and O–H groups in total. The molecule has 3 rings (SSSR count). The maximum atomic E-state index is 12.0. The average Bonchev–Trinajstić information content (AvgIpc) is 2.57. The molecular weight excluding hydrogens is 252 g/mol. The summed E-state index contributed by atoms with van der Waals surface area (Å²) in [6.45, 7) is 10.3. The van der Waals surface area contributed by atoms with E-state index in [1.807, 2.05) is 26.8 Å². The number of rotatable bonds is 0. The molecule has 0 spiro atoms. The number of allylic oxidation sites excluding steroid dienone is 5. The van der Waals surface area contributed by atoms with Gasteiger partial charge in [0.1, 0.15) is 0 Å². The number of fused-ring (bicyclic) bond motifs is 1. The van der Waals surface area contributed by atoms with E-state index in [-0.39, 0.29) is 5.41 Å². The number of carbonyl (C=O) groups excluding carboxylic acids is 2. The van der Waals surface area contributed by atoms with Crippen LogP contribution >= 0.6 is 0 Å². The molecule has 1 unspecified atom stereocenters. The first-order chi connectivity index (χ1) is 9.18. The Labute approximate surface area is 118 Å². The molecule has 1 aliphatic heterocycles. The van der Waals surface area contributed by atoms with Crippen LogP contribution in [-0.2, 0) is 14.3 Å². The fourth-order valence-electron chi connectivity index (χ4n) is 3.71. The van der Waals surface area contributed by atoms with Gasteiger partial charge in [-0.2, -0.15) is 0 Å². The molecule has 0 saturated carbocycles. The number of ether oxygens (including phenoxy) is 1. The van der Waals surface area contributed by atoms with Crippen LogP contribution in [0.5, 0.6) is 0 Å². The smallest absolute Gasteiger partial charge is 0.346 e. The molecule has 0 amide bonds. The van der Waals surface area contributed by atoms with Gasteiger partial charge in [0.25, 0.3) is 0 Å². The molecule has 1 atom stereocenters. The van der Waals surface area contributed by atoms with Crippen molar-refractivity contribution in [2.45, 2.75) is 34.6 Å². The Hall–Kier alpha value is -1.90. The van der Waals surface area contributed by atoms with Gasteiger partial charge in [0.05, 0.1) is 11.1 Å². The highest BCUT2D eigenvalue weighted by Gasteiger charge is 2.55. The van der Waals surface area contributed by atoms with Crippen LogP contribution in [0.3, 0.4) is 0 Å². The lowest BCUT2D eigenvalue weighted by molar-refractivity contribution is -0.151. The second kappa shape index (κ2) is 3.60. The zero-order valence-electron chi connectivity index (χ0n) is 12.5. The molecule has 0 aromatic rings. The Bertz CT molecular complexity index is 683. The van der Waals surface area contributed by atoms with Crippen LogP contribution in [-0.4, -0.2) is 11.9 Å². The predicted molar refractivity (Wildman–Crippen MR) is 75.6 cm³/mol. The van der Waals surface area contributed by atoms with Crippen LogP contribution in [0.15, 0.2) is 46.1 Å². The topological polar surface area (TPSA) is 43.4 Å². The van der Waals surface area contributed by atoms with E-state index in [2.05, 4.69) is 26.0 Å². The molecule has 20 heavy (non-hydrogen) atoms. The van der Waals surface area contributed by atoms with Crippen molar-refractivity contribution in [1.29, 1.82) is 0 Å². The van der Waals surface area contributed by atoms with Gasteiger partial charge in [-0.15, -0.1) is 0 Å². The maximum absolute atomic E-state index is 12.0. The number of esters is 2. The molecule has 3 aliphatic rings. The molecule has 0 fully saturated rings. The molecule has 0 radical (unpaired) electrons. The van der Waals surface area contributed by atoms with Gasteiger partial charge in [0, 0.05) is 10.8 Å². The monoisotopic (exact) mass is 270 g/mol. The van der Waals surface area contributed by atoms with Crippen molar-refractivity contribution in [3.05, 3.63) is 46.1 Å². The Balaban J connectivity index is 2.34. The van der Waals surface area contributed by atoms with Gasteiger partial charge in [-0.25, -0.2) is 9.59 Å². The molecule has 0 bridgehead atoms. The number of cyclic esters (lactones) is 2. The van der Waals surface area contributed by atoms with Crippen LogP contribution in [0.2, 0.25) is 0 Å². The van der Waals surface area contributed by atoms with E-state index in [1.54, 1.807) is 0 Å². The second-order valence-corrected chi connectivity index (χ2v) is 6.57. The lowest BCUT2D eigenvalue weighted by Gasteiger charge is -2.48. The standard InChI is InChI=1S/C17H18O3/c1-9-6-10(2)12-7-11-13(15(19)20-14(11)18)16(3,4)17(12,5)8-9/h6-8H,1-5H3. The predicted octanol–water partition coefficient (Wildman–Crippen LogP) is 3.25.